The van der Waals surface area contributed by atoms with Crippen molar-refractivity contribution in [2.24, 2.45) is 0 Å². The summed E-state index contributed by atoms with van der Waals surface area (Å²) in [6.45, 7) is 3.47. The van der Waals surface area contributed by atoms with Gasteiger partial charge in [0.25, 0.3) is 5.56 Å². The highest BCUT2D eigenvalue weighted by atomic mass is 79.9. The Hall–Kier alpha value is -1.53. The smallest absolute Gasteiger partial charge is 0.251 e. The Bertz CT molecular complexity index is 657. The van der Waals surface area contributed by atoms with E-state index in [1.54, 1.807) is 6.07 Å². The average Bonchev–Trinajstić information content (AvgIpc) is 2.38. The van der Waals surface area contributed by atoms with Crippen molar-refractivity contribution in [2.45, 2.75) is 19.9 Å². The zero-order chi connectivity index (χ0) is 14.5. The predicted octanol–water partition coefficient (Wildman–Crippen LogP) is 2.84. The number of hydrogen-bond acceptors (Lipinski definition) is 3. The van der Waals surface area contributed by atoms with Crippen LogP contribution in [0.2, 0.25) is 0 Å². The van der Waals surface area contributed by atoms with Crippen molar-refractivity contribution in [3.63, 3.8) is 0 Å². The molecule has 0 aliphatic carbocycles. The lowest BCUT2D eigenvalue weighted by atomic mass is 10.2. The maximum atomic E-state index is 13.1. The van der Waals surface area contributed by atoms with E-state index < -0.39 is 0 Å². The van der Waals surface area contributed by atoms with Gasteiger partial charge in [-0.05, 0) is 47.1 Å². The summed E-state index contributed by atoms with van der Waals surface area (Å²) in [5.41, 5.74) is 1.09. The van der Waals surface area contributed by atoms with E-state index in [4.69, 9.17) is 0 Å². The van der Waals surface area contributed by atoms with Crippen molar-refractivity contribution in [1.29, 1.82) is 0 Å². The molecule has 0 aliphatic heterocycles. The maximum Gasteiger partial charge on any atom is 0.251 e. The van der Waals surface area contributed by atoms with Crippen LogP contribution < -0.4 is 10.9 Å². The van der Waals surface area contributed by atoms with E-state index in [0.717, 1.165) is 13.0 Å². The number of nitrogens with zero attached hydrogens (tertiary/aromatic N) is 1. The molecule has 2 N–H and O–H groups in total. The van der Waals surface area contributed by atoms with Crippen LogP contribution in [0.25, 0.3) is 11.4 Å². The first-order chi connectivity index (χ1) is 9.60. The molecule has 0 bridgehead atoms. The third kappa shape index (κ3) is 3.74. The second-order valence-corrected chi connectivity index (χ2v) is 5.24. The van der Waals surface area contributed by atoms with Crippen LogP contribution in [0.4, 0.5) is 4.39 Å². The monoisotopic (exact) mass is 339 g/mol. The maximum absolute atomic E-state index is 13.1. The molecule has 0 radical (unpaired) electrons. The molecule has 106 valence electrons. The number of benzene rings is 1. The number of nitrogens with one attached hydrogen (secondary N) is 2. The van der Waals surface area contributed by atoms with Crippen LogP contribution >= 0.6 is 15.9 Å². The van der Waals surface area contributed by atoms with Crippen molar-refractivity contribution < 1.29 is 4.39 Å². The number of hydrogen-bond donors (Lipinski definition) is 2. The van der Waals surface area contributed by atoms with E-state index in [9.17, 15) is 9.18 Å². The highest BCUT2D eigenvalue weighted by Crippen LogP contribution is 2.25. The fourth-order valence-electron chi connectivity index (χ4n) is 1.80. The predicted molar refractivity (Wildman–Crippen MR) is 79.9 cm³/mol. The van der Waals surface area contributed by atoms with Gasteiger partial charge in [-0.25, -0.2) is 9.37 Å². The minimum atomic E-state index is -0.344. The van der Waals surface area contributed by atoms with Crippen LogP contribution in [-0.4, -0.2) is 16.5 Å². The van der Waals surface area contributed by atoms with Crippen LogP contribution in [-0.2, 0) is 6.54 Å². The van der Waals surface area contributed by atoms with Gasteiger partial charge in [-0.2, -0.15) is 0 Å². The summed E-state index contributed by atoms with van der Waals surface area (Å²) in [7, 11) is 0. The Balaban J connectivity index is 2.34. The van der Waals surface area contributed by atoms with Crippen LogP contribution in [0.5, 0.6) is 0 Å². The Morgan fingerprint density at radius 2 is 2.20 bits per heavy atom. The lowest BCUT2D eigenvalue weighted by molar-refractivity contribution is 0.627. The minimum Gasteiger partial charge on any atom is -0.311 e. The molecule has 1 aromatic carbocycles. The number of aromatic amines is 1. The Morgan fingerprint density at radius 3 is 2.90 bits per heavy atom. The van der Waals surface area contributed by atoms with Crippen molar-refractivity contribution in [1.82, 2.24) is 15.3 Å². The Labute approximate surface area is 124 Å². The van der Waals surface area contributed by atoms with Crippen LogP contribution in [0.1, 0.15) is 19.0 Å². The topological polar surface area (TPSA) is 57.8 Å². The zero-order valence-corrected chi connectivity index (χ0v) is 12.6. The molecule has 20 heavy (non-hydrogen) atoms. The summed E-state index contributed by atoms with van der Waals surface area (Å²) in [5.74, 6) is 0.0846. The first-order valence-electron chi connectivity index (χ1n) is 6.36. The van der Waals surface area contributed by atoms with Gasteiger partial charge in [-0.15, -0.1) is 0 Å². The fourth-order valence-corrected chi connectivity index (χ4v) is 2.34. The molecule has 6 heteroatoms. The second-order valence-electron chi connectivity index (χ2n) is 4.39. The molecular weight excluding hydrogens is 325 g/mol. The number of H-pyrrole nitrogens is 1. The molecule has 4 nitrogen and oxygen atoms in total. The van der Waals surface area contributed by atoms with E-state index in [1.165, 1.54) is 18.2 Å². The zero-order valence-electron chi connectivity index (χ0n) is 11.0. The van der Waals surface area contributed by atoms with Gasteiger partial charge in [-0.1, -0.05) is 6.92 Å². The van der Waals surface area contributed by atoms with Gasteiger partial charge in [0.15, 0.2) is 0 Å². The minimum absolute atomic E-state index is 0.223. The molecule has 1 aromatic heterocycles. The highest BCUT2D eigenvalue weighted by molar-refractivity contribution is 9.10. The summed E-state index contributed by atoms with van der Waals surface area (Å²) in [6.07, 6.45) is 1.01. The number of rotatable bonds is 5. The molecule has 0 atom stereocenters. The van der Waals surface area contributed by atoms with Crippen molar-refractivity contribution in [3.05, 3.63) is 50.6 Å². The van der Waals surface area contributed by atoms with Crippen molar-refractivity contribution >= 4 is 15.9 Å². The van der Waals surface area contributed by atoms with Crippen LogP contribution in [0.15, 0.2) is 33.5 Å². The quantitative estimate of drug-likeness (QED) is 0.823. The van der Waals surface area contributed by atoms with Gasteiger partial charge >= 0.3 is 0 Å². The second kappa shape index (κ2) is 6.76. The average molecular weight is 340 g/mol. The SMILES string of the molecule is CCCNCc1cc(=O)[nH]c(-c2ccc(F)cc2Br)n1. The van der Waals surface area contributed by atoms with Crippen LogP contribution in [0, 0.1) is 5.82 Å². The van der Waals surface area contributed by atoms with Gasteiger partial charge in [0.2, 0.25) is 0 Å². The largest absolute Gasteiger partial charge is 0.311 e. The lowest BCUT2D eigenvalue weighted by Crippen LogP contribution is -2.18. The highest BCUT2D eigenvalue weighted by Gasteiger charge is 2.08. The first-order valence-corrected chi connectivity index (χ1v) is 7.16. The summed E-state index contributed by atoms with van der Waals surface area (Å²) < 4.78 is 13.6. The molecule has 0 saturated heterocycles. The molecule has 2 rings (SSSR count). The fraction of sp³-hybridized carbons (Fsp3) is 0.286. The summed E-state index contributed by atoms with van der Waals surface area (Å²) in [6, 6.07) is 5.73. The lowest BCUT2D eigenvalue weighted by Gasteiger charge is -2.07. The van der Waals surface area contributed by atoms with E-state index in [-0.39, 0.29) is 11.4 Å². The van der Waals surface area contributed by atoms with E-state index in [2.05, 4.69) is 38.1 Å². The molecule has 2 aromatic rings. The number of halogens is 2. The molecule has 0 spiro atoms. The van der Waals surface area contributed by atoms with E-state index in [1.807, 2.05) is 0 Å². The third-order valence-electron chi connectivity index (χ3n) is 2.71. The van der Waals surface area contributed by atoms with E-state index in [0.29, 0.717) is 28.1 Å². The molecule has 0 saturated carbocycles. The molecule has 0 fully saturated rings. The third-order valence-corrected chi connectivity index (χ3v) is 3.37. The van der Waals surface area contributed by atoms with Gasteiger partial charge in [0.05, 0.1) is 5.69 Å². The Kier molecular flexibility index (Phi) is 5.03. The van der Waals surface area contributed by atoms with Gasteiger partial charge in [-0.3, -0.25) is 4.79 Å². The van der Waals surface area contributed by atoms with Crippen molar-refractivity contribution in [2.75, 3.05) is 6.54 Å². The van der Waals surface area contributed by atoms with Gasteiger partial charge in [0.1, 0.15) is 11.6 Å². The molecule has 0 aliphatic rings. The standard InChI is InChI=1S/C14H15BrFN3O/c1-2-5-17-8-10-7-13(20)19-14(18-10)11-4-3-9(16)6-12(11)15/h3-4,6-7,17H,2,5,8H2,1H3,(H,18,19,20). The summed E-state index contributed by atoms with van der Waals surface area (Å²) in [5, 5.41) is 3.19. The normalized spacial score (nSPS) is 10.8. The van der Waals surface area contributed by atoms with Gasteiger partial charge in [0, 0.05) is 22.6 Å². The molecule has 0 unspecified atom stereocenters. The van der Waals surface area contributed by atoms with Crippen LogP contribution in [0.3, 0.4) is 0 Å². The molecular formula is C14H15BrFN3O. The molecule has 0 amide bonds. The number of aromatic nitrogens is 2. The summed E-state index contributed by atoms with van der Waals surface area (Å²) >= 11 is 3.28. The van der Waals surface area contributed by atoms with Gasteiger partial charge < -0.3 is 10.3 Å². The Morgan fingerprint density at radius 1 is 1.40 bits per heavy atom. The van der Waals surface area contributed by atoms with Crippen molar-refractivity contribution in [3.8, 4) is 11.4 Å². The van der Waals surface area contributed by atoms with E-state index >= 15 is 0 Å². The summed E-state index contributed by atoms with van der Waals surface area (Å²) in [4.78, 5) is 18.7. The molecule has 1 heterocycles. The first kappa shape index (κ1) is 14.9.